The molecule has 2 aromatic heterocycles. The maximum absolute atomic E-state index is 4.69. The predicted octanol–water partition coefficient (Wildman–Crippen LogP) is 6.16. The van der Waals surface area contributed by atoms with Crippen LogP contribution in [0.15, 0.2) is 91.4 Å². The monoisotopic (exact) mass is 379 g/mol. The van der Waals surface area contributed by atoms with E-state index in [-0.39, 0.29) is 0 Å². The van der Waals surface area contributed by atoms with Crippen molar-refractivity contribution in [2.75, 3.05) is 11.9 Å². The Balaban J connectivity index is 1.55. The molecule has 0 unspecified atom stereocenters. The average Bonchev–Trinajstić information content (AvgIpc) is 2.78. The van der Waals surface area contributed by atoms with Gasteiger partial charge in [-0.25, -0.2) is 4.98 Å². The van der Waals surface area contributed by atoms with Crippen molar-refractivity contribution in [3.05, 3.63) is 103 Å². The number of aromatic nitrogens is 2. The predicted molar refractivity (Wildman–Crippen MR) is 121 cm³/mol. The second-order valence-corrected chi connectivity index (χ2v) is 7.24. The third kappa shape index (κ3) is 4.88. The van der Waals surface area contributed by atoms with Gasteiger partial charge in [-0.3, -0.25) is 4.98 Å². The Hall–Kier alpha value is -3.46. The van der Waals surface area contributed by atoms with E-state index in [0.29, 0.717) is 0 Å². The number of hydrogen-bond donors (Lipinski definition) is 1. The van der Waals surface area contributed by atoms with Crippen molar-refractivity contribution in [1.82, 2.24) is 9.97 Å². The summed E-state index contributed by atoms with van der Waals surface area (Å²) < 4.78 is 0. The third-order valence-electron chi connectivity index (χ3n) is 5.02. The molecule has 0 saturated heterocycles. The summed E-state index contributed by atoms with van der Waals surface area (Å²) in [5, 5.41) is 3.49. The molecular weight excluding hydrogens is 354 g/mol. The van der Waals surface area contributed by atoms with Gasteiger partial charge in [-0.15, -0.1) is 0 Å². The van der Waals surface area contributed by atoms with Crippen molar-refractivity contribution in [1.29, 1.82) is 0 Å². The summed E-state index contributed by atoms with van der Waals surface area (Å²) in [5.41, 5.74) is 7.24. The second kappa shape index (κ2) is 9.16. The molecular formula is C26H25N3. The molecule has 4 aromatic rings. The van der Waals surface area contributed by atoms with Crippen molar-refractivity contribution < 1.29 is 0 Å². The number of nitrogens with one attached hydrogen (secondary N) is 1. The summed E-state index contributed by atoms with van der Waals surface area (Å²) in [6.45, 7) is 3.01. The van der Waals surface area contributed by atoms with Crippen LogP contribution in [0, 0.1) is 6.92 Å². The van der Waals surface area contributed by atoms with Crippen LogP contribution >= 0.6 is 0 Å². The number of benzene rings is 2. The number of aryl methyl sites for hydroxylation is 2. The maximum Gasteiger partial charge on any atom is 0.126 e. The van der Waals surface area contributed by atoms with Crippen molar-refractivity contribution in [2.45, 2.75) is 19.8 Å². The lowest BCUT2D eigenvalue weighted by Crippen LogP contribution is -2.05. The zero-order valence-corrected chi connectivity index (χ0v) is 16.7. The average molecular weight is 380 g/mol. The zero-order chi connectivity index (χ0) is 19.9. The Bertz CT molecular complexity index is 1060. The molecule has 0 aliphatic carbocycles. The molecule has 144 valence electrons. The van der Waals surface area contributed by atoms with Crippen LogP contribution in [0.1, 0.15) is 17.5 Å². The fraction of sp³-hybridized carbons (Fsp3) is 0.154. The molecule has 3 nitrogen and oxygen atoms in total. The third-order valence-corrected chi connectivity index (χ3v) is 5.02. The van der Waals surface area contributed by atoms with Crippen LogP contribution < -0.4 is 5.32 Å². The lowest BCUT2D eigenvalue weighted by Gasteiger charge is -2.13. The van der Waals surface area contributed by atoms with Gasteiger partial charge in [0, 0.05) is 30.7 Å². The molecule has 0 aliphatic heterocycles. The highest BCUT2D eigenvalue weighted by Crippen LogP contribution is 2.33. The fourth-order valence-electron chi connectivity index (χ4n) is 3.52. The molecule has 0 fully saturated rings. The molecule has 2 aromatic carbocycles. The molecule has 0 atom stereocenters. The quantitative estimate of drug-likeness (QED) is 0.391. The SMILES string of the molecule is Cc1cccc(-c2cnc(NCCCc3ccccc3)cc2-c2ccncc2)c1. The van der Waals surface area contributed by atoms with E-state index in [1.807, 2.05) is 30.7 Å². The van der Waals surface area contributed by atoms with Crippen LogP contribution in [-0.4, -0.2) is 16.5 Å². The van der Waals surface area contributed by atoms with Crippen LogP contribution in [0.2, 0.25) is 0 Å². The molecule has 0 aliphatic rings. The van der Waals surface area contributed by atoms with Gasteiger partial charge in [-0.05, 0) is 60.2 Å². The van der Waals surface area contributed by atoms with Gasteiger partial charge >= 0.3 is 0 Å². The summed E-state index contributed by atoms with van der Waals surface area (Å²) in [4.78, 5) is 8.86. The van der Waals surface area contributed by atoms with Crippen LogP contribution in [0.4, 0.5) is 5.82 Å². The van der Waals surface area contributed by atoms with Gasteiger partial charge in [0.05, 0.1) is 0 Å². The normalized spacial score (nSPS) is 10.7. The van der Waals surface area contributed by atoms with Crippen molar-refractivity contribution >= 4 is 5.82 Å². The number of nitrogens with zero attached hydrogens (tertiary/aromatic N) is 2. The Morgan fingerprint density at radius 2 is 1.62 bits per heavy atom. The molecule has 29 heavy (non-hydrogen) atoms. The van der Waals surface area contributed by atoms with E-state index in [2.05, 4.69) is 82.9 Å². The molecule has 2 heterocycles. The summed E-state index contributed by atoms with van der Waals surface area (Å²) in [6.07, 6.45) is 7.78. The van der Waals surface area contributed by atoms with Gasteiger partial charge in [-0.2, -0.15) is 0 Å². The number of anilines is 1. The Morgan fingerprint density at radius 3 is 2.41 bits per heavy atom. The summed E-state index contributed by atoms with van der Waals surface area (Å²) in [7, 11) is 0. The van der Waals surface area contributed by atoms with Crippen molar-refractivity contribution in [3.63, 3.8) is 0 Å². The van der Waals surface area contributed by atoms with Gasteiger partial charge in [0.2, 0.25) is 0 Å². The van der Waals surface area contributed by atoms with E-state index >= 15 is 0 Å². The molecule has 0 spiro atoms. The van der Waals surface area contributed by atoms with Gasteiger partial charge in [0.25, 0.3) is 0 Å². The largest absolute Gasteiger partial charge is 0.370 e. The molecule has 0 amide bonds. The van der Waals surface area contributed by atoms with Crippen molar-refractivity contribution in [3.8, 4) is 22.3 Å². The Kier molecular flexibility index (Phi) is 5.96. The van der Waals surface area contributed by atoms with Gasteiger partial charge in [0.15, 0.2) is 0 Å². The highest BCUT2D eigenvalue weighted by atomic mass is 15.0. The number of pyridine rings is 2. The summed E-state index contributed by atoms with van der Waals surface area (Å²) in [5.74, 6) is 0.904. The van der Waals surface area contributed by atoms with Gasteiger partial charge in [-0.1, -0.05) is 60.2 Å². The van der Waals surface area contributed by atoms with E-state index in [4.69, 9.17) is 0 Å². The Labute approximate surface area is 172 Å². The smallest absolute Gasteiger partial charge is 0.126 e. The maximum atomic E-state index is 4.69. The minimum Gasteiger partial charge on any atom is -0.370 e. The van der Waals surface area contributed by atoms with Crippen LogP contribution in [0.3, 0.4) is 0 Å². The fourth-order valence-corrected chi connectivity index (χ4v) is 3.52. The number of hydrogen-bond acceptors (Lipinski definition) is 3. The molecule has 1 N–H and O–H groups in total. The van der Waals surface area contributed by atoms with E-state index in [1.54, 1.807) is 0 Å². The minimum absolute atomic E-state index is 0.890. The van der Waals surface area contributed by atoms with Gasteiger partial charge < -0.3 is 5.32 Å². The van der Waals surface area contributed by atoms with E-state index in [1.165, 1.54) is 22.3 Å². The molecule has 0 bridgehead atoms. The topological polar surface area (TPSA) is 37.8 Å². The molecule has 0 radical (unpaired) electrons. The van der Waals surface area contributed by atoms with E-state index in [0.717, 1.165) is 36.3 Å². The Morgan fingerprint density at radius 1 is 0.793 bits per heavy atom. The molecule has 0 saturated carbocycles. The highest BCUT2D eigenvalue weighted by molar-refractivity contribution is 5.84. The molecule has 4 rings (SSSR count). The van der Waals surface area contributed by atoms with E-state index in [9.17, 15) is 0 Å². The molecule has 3 heteroatoms. The van der Waals surface area contributed by atoms with Crippen LogP contribution in [0.25, 0.3) is 22.3 Å². The van der Waals surface area contributed by atoms with Crippen LogP contribution in [0.5, 0.6) is 0 Å². The van der Waals surface area contributed by atoms with Crippen LogP contribution in [-0.2, 0) is 6.42 Å². The van der Waals surface area contributed by atoms with E-state index < -0.39 is 0 Å². The summed E-state index contributed by atoms with van der Waals surface area (Å²) in [6, 6.07) is 25.4. The lowest BCUT2D eigenvalue weighted by molar-refractivity contribution is 0.859. The lowest BCUT2D eigenvalue weighted by atomic mass is 9.96. The minimum atomic E-state index is 0.890. The first-order valence-corrected chi connectivity index (χ1v) is 10.0. The second-order valence-electron chi connectivity index (χ2n) is 7.24. The standard InChI is InChI=1S/C26H25N3/c1-20-7-5-11-23(17-20)25-19-29-26(18-24(25)22-12-15-27-16-13-22)28-14-6-10-21-8-3-2-4-9-21/h2-5,7-9,11-13,15-19H,6,10,14H2,1H3,(H,28,29). The summed E-state index contributed by atoms with van der Waals surface area (Å²) >= 11 is 0. The van der Waals surface area contributed by atoms with Crippen molar-refractivity contribution in [2.24, 2.45) is 0 Å². The van der Waals surface area contributed by atoms with Gasteiger partial charge in [0.1, 0.15) is 5.82 Å². The first-order chi connectivity index (χ1) is 14.3. The first-order valence-electron chi connectivity index (χ1n) is 10.0. The highest BCUT2D eigenvalue weighted by Gasteiger charge is 2.10. The number of rotatable bonds is 7. The first kappa shape index (κ1) is 18.9. The zero-order valence-electron chi connectivity index (χ0n) is 16.7.